The molecule has 2 rings (SSSR count). The van der Waals surface area contributed by atoms with Crippen LogP contribution in [0, 0.1) is 11.3 Å². The summed E-state index contributed by atoms with van der Waals surface area (Å²) >= 11 is 3.86. The molecule has 0 radical (unpaired) electrons. The average molecular weight is 306 g/mol. The van der Waals surface area contributed by atoms with Crippen molar-refractivity contribution in [2.75, 3.05) is 18.1 Å². The molecule has 2 aliphatic heterocycles. The standard InChI is InChI=1S/C13H22O4S2/c1-13(2,12-18-4-3-5-19-12)6-8(14)10-9(15)7-17-11(10)16/h8-10,12,14-15H,3-7H2,1-2H3/t8-,9+,10-/m0/s1. The molecule has 0 bridgehead atoms. The van der Waals surface area contributed by atoms with Crippen molar-refractivity contribution in [1.29, 1.82) is 0 Å². The van der Waals surface area contributed by atoms with Gasteiger partial charge in [0.15, 0.2) is 0 Å². The van der Waals surface area contributed by atoms with E-state index in [0.29, 0.717) is 11.0 Å². The van der Waals surface area contributed by atoms with Gasteiger partial charge in [-0.1, -0.05) is 13.8 Å². The largest absolute Gasteiger partial charge is 0.463 e. The molecule has 0 spiro atoms. The number of hydrogen-bond acceptors (Lipinski definition) is 6. The first-order chi connectivity index (χ1) is 8.92. The number of aliphatic hydroxyl groups excluding tert-OH is 2. The number of carbonyl (C=O) groups is 1. The van der Waals surface area contributed by atoms with Gasteiger partial charge < -0.3 is 14.9 Å². The highest BCUT2D eigenvalue weighted by Crippen LogP contribution is 2.46. The van der Waals surface area contributed by atoms with Crippen LogP contribution >= 0.6 is 23.5 Å². The van der Waals surface area contributed by atoms with Crippen LogP contribution in [0.1, 0.15) is 26.7 Å². The normalized spacial score (nSPS) is 31.3. The lowest BCUT2D eigenvalue weighted by atomic mass is 9.83. The summed E-state index contributed by atoms with van der Waals surface area (Å²) < 4.78 is 5.24. The molecular weight excluding hydrogens is 284 g/mol. The summed E-state index contributed by atoms with van der Waals surface area (Å²) in [7, 11) is 0. The molecule has 2 saturated heterocycles. The van der Waals surface area contributed by atoms with E-state index in [2.05, 4.69) is 13.8 Å². The van der Waals surface area contributed by atoms with Gasteiger partial charge in [0.05, 0.1) is 10.7 Å². The maximum atomic E-state index is 11.5. The van der Waals surface area contributed by atoms with E-state index in [9.17, 15) is 15.0 Å². The summed E-state index contributed by atoms with van der Waals surface area (Å²) in [6.45, 7) is 4.26. The van der Waals surface area contributed by atoms with Crippen LogP contribution in [0.4, 0.5) is 0 Å². The lowest BCUT2D eigenvalue weighted by Gasteiger charge is -2.38. The van der Waals surface area contributed by atoms with Gasteiger partial charge in [0, 0.05) is 0 Å². The molecule has 110 valence electrons. The van der Waals surface area contributed by atoms with E-state index in [0.717, 1.165) is 11.5 Å². The number of thioether (sulfide) groups is 2. The highest BCUT2D eigenvalue weighted by atomic mass is 32.2. The van der Waals surface area contributed by atoms with Gasteiger partial charge in [-0.3, -0.25) is 4.79 Å². The molecule has 0 saturated carbocycles. The third kappa shape index (κ3) is 3.60. The molecule has 0 unspecified atom stereocenters. The predicted molar refractivity (Wildman–Crippen MR) is 78.2 cm³/mol. The van der Waals surface area contributed by atoms with Crippen molar-refractivity contribution in [3.8, 4) is 0 Å². The minimum absolute atomic E-state index is 0.00785. The molecule has 6 heteroatoms. The molecule has 0 aromatic carbocycles. The van der Waals surface area contributed by atoms with Gasteiger partial charge in [0.1, 0.15) is 18.6 Å². The first kappa shape index (κ1) is 15.5. The number of esters is 1. The van der Waals surface area contributed by atoms with Crippen molar-refractivity contribution in [2.45, 2.75) is 43.5 Å². The fourth-order valence-corrected chi connectivity index (χ4v) is 5.93. The van der Waals surface area contributed by atoms with Gasteiger partial charge in [0.25, 0.3) is 0 Å². The fourth-order valence-electron chi connectivity index (χ4n) is 2.64. The Morgan fingerprint density at radius 1 is 1.42 bits per heavy atom. The van der Waals surface area contributed by atoms with E-state index >= 15 is 0 Å². The quantitative estimate of drug-likeness (QED) is 0.767. The van der Waals surface area contributed by atoms with Gasteiger partial charge >= 0.3 is 5.97 Å². The summed E-state index contributed by atoms with van der Waals surface area (Å²) in [5.41, 5.74) is -0.0717. The predicted octanol–water partition coefficient (Wildman–Crippen LogP) is 1.49. The van der Waals surface area contributed by atoms with E-state index in [1.54, 1.807) is 0 Å². The van der Waals surface area contributed by atoms with E-state index in [1.165, 1.54) is 6.42 Å². The number of ether oxygens (including phenoxy) is 1. The summed E-state index contributed by atoms with van der Waals surface area (Å²) in [5, 5.41) is 20.0. The summed E-state index contributed by atoms with van der Waals surface area (Å²) in [6, 6.07) is 0. The van der Waals surface area contributed by atoms with Crippen LogP contribution in [0.15, 0.2) is 0 Å². The Bertz CT molecular complexity index is 329. The second-order valence-corrected chi connectivity index (χ2v) is 8.63. The molecule has 2 heterocycles. The Balaban J connectivity index is 1.96. The Morgan fingerprint density at radius 3 is 2.58 bits per heavy atom. The molecule has 3 atom stereocenters. The Labute approximate surface area is 122 Å². The van der Waals surface area contributed by atoms with Crippen molar-refractivity contribution >= 4 is 29.5 Å². The molecule has 0 aromatic rings. The third-order valence-electron chi connectivity index (χ3n) is 3.70. The first-order valence-electron chi connectivity index (χ1n) is 6.68. The number of cyclic esters (lactones) is 1. The summed E-state index contributed by atoms with van der Waals surface area (Å²) in [6.07, 6.45) is 0.0418. The number of hydrogen-bond donors (Lipinski definition) is 2. The van der Waals surface area contributed by atoms with E-state index in [-0.39, 0.29) is 12.0 Å². The van der Waals surface area contributed by atoms with Gasteiger partial charge in [-0.25, -0.2) is 0 Å². The van der Waals surface area contributed by atoms with Crippen LogP contribution in [0.25, 0.3) is 0 Å². The molecule has 0 aromatic heterocycles. The van der Waals surface area contributed by atoms with Crippen molar-refractivity contribution < 1.29 is 19.7 Å². The summed E-state index contributed by atoms with van der Waals surface area (Å²) in [4.78, 5) is 11.5. The summed E-state index contributed by atoms with van der Waals surface area (Å²) in [5.74, 6) is 1.06. The van der Waals surface area contributed by atoms with Crippen LogP contribution in [-0.4, -0.2) is 51.1 Å². The number of rotatable bonds is 4. The highest BCUT2D eigenvalue weighted by molar-refractivity contribution is 8.17. The average Bonchev–Trinajstić information content (AvgIpc) is 2.69. The third-order valence-corrected chi connectivity index (χ3v) is 7.44. The van der Waals surface area contributed by atoms with Gasteiger partial charge in [0.2, 0.25) is 0 Å². The zero-order chi connectivity index (χ0) is 14.0. The molecule has 0 aliphatic carbocycles. The van der Waals surface area contributed by atoms with E-state index in [4.69, 9.17) is 4.74 Å². The Kier molecular flexibility index (Phi) is 5.09. The van der Waals surface area contributed by atoms with E-state index in [1.807, 2.05) is 23.5 Å². The van der Waals surface area contributed by atoms with Crippen LogP contribution in [-0.2, 0) is 9.53 Å². The van der Waals surface area contributed by atoms with Crippen molar-refractivity contribution in [2.24, 2.45) is 11.3 Å². The van der Waals surface area contributed by atoms with E-state index < -0.39 is 24.1 Å². The molecule has 0 amide bonds. The highest BCUT2D eigenvalue weighted by Gasteiger charge is 2.44. The van der Waals surface area contributed by atoms with Crippen LogP contribution in [0.2, 0.25) is 0 Å². The zero-order valence-corrected chi connectivity index (χ0v) is 13.0. The second-order valence-electron chi connectivity index (χ2n) is 5.91. The molecule has 19 heavy (non-hydrogen) atoms. The van der Waals surface area contributed by atoms with Crippen molar-refractivity contribution in [3.05, 3.63) is 0 Å². The smallest absolute Gasteiger partial charge is 0.314 e. The number of aliphatic hydroxyl groups is 2. The fraction of sp³-hybridized carbons (Fsp3) is 0.923. The van der Waals surface area contributed by atoms with Gasteiger partial charge in [-0.05, 0) is 29.8 Å². The first-order valence-corrected chi connectivity index (χ1v) is 8.77. The van der Waals surface area contributed by atoms with Gasteiger partial charge in [-0.2, -0.15) is 0 Å². The maximum absolute atomic E-state index is 11.5. The molecule has 2 fully saturated rings. The monoisotopic (exact) mass is 306 g/mol. The second kappa shape index (κ2) is 6.24. The number of carbonyl (C=O) groups excluding carboxylic acids is 1. The molecule has 2 aliphatic rings. The lowest BCUT2D eigenvalue weighted by Crippen LogP contribution is -2.39. The molecule has 2 N–H and O–H groups in total. The Morgan fingerprint density at radius 2 is 2.05 bits per heavy atom. The Hall–Kier alpha value is 0.0900. The topological polar surface area (TPSA) is 66.8 Å². The minimum Gasteiger partial charge on any atom is -0.463 e. The lowest BCUT2D eigenvalue weighted by molar-refractivity contribution is -0.144. The zero-order valence-electron chi connectivity index (χ0n) is 11.4. The minimum atomic E-state index is -0.870. The van der Waals surface area contributed by atoms with Gasteiger partial charge in [-0.15, -0.1) is 23.5 Å². The SMILES string of the molecule is CC(C)(C[C@H](O)[C@@H]1C(=O)OC[C@H]1O)C1SCCCS1. The maximum Gasteiger partial charge on any atom is 0.314 e. The van der Waals surface area contributed by atoms with Crippen LogP contribution in [0.5, 0.6) is 0 Å². The van der Waals surface area contributed by atoms with Crippen molar-refractivity contribution in [1.82, 2.24) is 0 Å². The van der Waals surface area contributed by atoms with Crippen molar-refractivity contribution in [3.63, 3.8) is 0 Å². The molecule has 4 nitrogen and oxygen atoms in total. The molecular formula is C13H22O4S2. The van der Waals surface area contributed by atoms with Crippen LogP contribution in [0.3, 0.4) is 0 Å². The van der Waals surface area contributed by atoms with Crippen LogP contribution < -0.4 is 0 Å².